The van der Waals surface area contributed by atoms with Crippen LogP contribution < -0.4 is 10.6 Å². The summed E-state index contributed by atoms with van der Waals surface area (Å²) in [5, 5.41) is 15.9. The highest BCUT2D eigenvalue weighted by Crippen LogP contribution is 2.23. The van der Waals surface area contributed by atoms with E-state index in [9.17, 15) is 24.5 Å². The average molecular weight is 371 g/mol. The molecule has 0 aromatic heterocycles. The molecule has 2 rings (SSSR count). The number of carbonyl (C=O) groups excluding carboxylic acids is 3. The van der Waals surface area contributed by atoms with E-state index in [1.807, 2.05) is 0 Å². The van der Waals surface area contributed by atoms with Crippen LogP contribution in [0.3, 0.4) is 0 Å². The molecule has 1 atom stereocenters. The van der Waals surface area contributed by atoms with Crippen LogP contribution in [0.2, 0.25) is 0 Å². The van der Waals surface area contributed by atoms with Gasteiger partial charge in [-0.3, -0.25) is 19.7 Å². The van der Waals surface area contributed by atoms with Crippen LogP contribution in [0, 0.1) is 10.1 Å². The lowest BCUT2D eigenvalue weighted by Crippen LogP contribution is -2.30. The molecule has 0 aliphatic rings. The van der Waals surface area contributed by atoms with Crippen molar-refractivity contribution in [2.75, 3.05) is 10.6 Å². The van der Waals surface area contributed by atoms with Gasteiger partial charge in [0.05, 0.1) is 10.5 Å². The minimum absolute atomic E-state index is 0.00931. The van der Waals surface area contributed by atoms with Crippen molar-refractivity contribution in [3.63, 3.8) is 0 Å². The van der Waals surface area contributed by atoms with Crippen molar-refractivity contribution < 1.29 is 24.0 Å². The largest absolute Gasteiger partial charge is 0.449 e. The first kappa shape index (κ1) is 19.6. The number of carbonyl (C=O) groups is 3. The second-order valence-corrected chi connectivity index (χ2v) is 5.57. The van der Waals surface area contributed by atoms with Crippen LogP contribution in [0.1, 0.15) is 24.2 Å². The summed E-state index contributed by atoms with van der Waals surface area (Å²) in [5.41, 5.74) is 0.448. The molecular formula is C18H17N3O6. The standard InChI is InChI=1S/C18H17N3O6/c1-11(17(23)20-15-5-3-4-6-16(15)21(25)26)27-18(24)13-7-9-14(10-8-13)19-12(2)22/h3-11H,1-2H3,(H,19,22)(H,20,23)/t11-/m0/s1. The summed E-state index contributed by atoms with van der Waals surface area (Å²) in [4.78, 5) is 45.6. The molecule has 0 fully saturated rings. The lowest BCUT2D eigenvalue weighted by molar-refractivity contribution is -0.383. The summed E-state index contributed by atoms with van der Waals surface area (Å²) in [6.07, 6.45) is -1.17. The van der Waals surface area contributed by atoms with Crippen molar-refractivity contribution in [2.24, 2.45) is 0 Å². The topological polar surface area (TPSA) is 128 Å². The van der Waals surface area contributed by atoms with Crippen LogP contribution >= 0.6 is 0 Å². The van der Waals surface area contributed by atoms with Crippen molar-refractivity contribution in [3.8, 4) is 0 Å². The molecule has 0 unspecified atom stereocenters. The fourth-order valence-electron chi connectivity index (χ4n) is 2.15. The number of esters is 1. The molecule has 0 heterocycles. The average Bonchev–Trinajstić information content (AvgIpc) is 2.61. The first-order chi connectivity index (χ1) is 12.8. The minimum atomic E-state index is -1.17. The summed E-state index contributed by atoms with van der Waals surface area (Å²) >= 11 is 0. The van der Waals surface area contributed by atoms with Gasteiger partial charge < -0.3 is 15.4 Å². The highest BCUT2D eigenvalue weighted by molar-refractivity contribution is 5.98. The van der Waals surface area contributed by atoms with Crippen LogP contribution in [-0.2, 0) is 14.3 Å². The van der Waals surface area contributed by atoms with E-state index in [0.29, 0.717) is 5.69 Å². The Morgan fingerprint density at radius 1 is 1.04 bits per heavy atom. The number of anilines is 2. The number of benzene rings is 2. The van der Waals surface area contributed by atoms with Gasteiger partial charge in [-0.1, -0.05) is 12.1 Å². The molecule has 0 spiro atoms. The fraction of sp³-hybridized carbons (Fsp3) is 0.167. The number of rotatable bonds is 6. The zero-order valence-corrected chi connectivity index (χ0v) is 14.6. The number of nitrogens with one attached hydrogen (secondary N) is 2. The van der Waals surface area contributed by atoms with Gasteiger partial charge in [-0.05, 0) is 37.3 Å². The van der Waals surface area contributed by atoms with E-state index in [2.05, 4.69) is 10.6 Å². The van der Waals surface area contributed by atoms with Gasteiger partial charge in [0.25, 0.3) is 11.6 Å². The maximum absolute atomic E-state index is 12.2. The van der Waals surface area contributed by atoms with Crippen molar-refractivity contribution in [2.45, 2.75) is 20.0 Å². The molecule has 2 N–H and O–H groups in total. The summed E-state index contributed by atoms with van der Waals surface area (Å²) < 4.78 is 5.08. The third kappa shape index (κ3) is 5.36. The number of hydrogen-bond donors (Lipinski definition) is 2. The first-order valence-corrected chi connectivity index (χ1v) is 7.91. The molecule has 2 aromatic rings. The van der Waals surface area contributed by atoms with Crippen LogP contribution in [0.25, 0.3) is 0 Å². The summed E-state index contributed by atoms with van der Waals surface area (Å²) in [6.45, 7) is 2.72. The van der Waals surface area contributed by atoms with Crippen LogP contribution in [0.4, 0.5) is 17.1 Å². The third-order valence-electron chi connectivity index (χ3n) is 3.45. The summed E-state index contributed by atoms with van der Waals surface area (Å²) in [5.74, 6) is -1.69. The van der Waals surface area contributed by atoms with Gasteiger partial charge in [0.2, 0.25) is 5.91 Å². The third-order valence-corrected chi connectivity index (χ3v) is 3.45. The zero-order valence-electron chi connectivity index (χ0n) is 14.6. The Morgan fingerprint density at radius 3 is 2.26 bits per heavy atom. The molecule has 140 valence electrons. The van der Waals surface area contributed by atoms with Gasteiger partial charge in [-0.2, -0.15) is 0 Å². The number of ether oxygens (including phenoxy) is 1. The van der Waals surface area contributed by atoms with Crippen molar-refractivity contribution in [3.05, 3.63) is 64.2 Å². The number of nitro groups is 1. The van der Waals surface area contributed by atoms with Gasteiger partial charge >= 0.3 is 5.97 Å². The lowest BCUT2D eigenvalue weighted by atomic mass is 10.2. The lowest BCUT2D eigenvalue weighted by Gasteiger charge is -2.14. The van der Waals surface area contributed by atoms with Gasteiger partial charge in [0, 0.05) is 18.7 Å². The van der Waals surface area contributed by atoms with Crippen molar-refractivity contribution >= 4 is 34.8 Å². The summed E-state index contributed by atoms with van der Waals surface area (Å²) in [6, 6.07) is 11.6. The SMILES string of the molecule is CC(=O)Nc1ccc(C(=O)O[C@@H](C)C(=O)Nc2ccccc2[N+](=O)[O-])cc1. The van der Waals surface area contributed by atoms with Gasteiger partial charge in [-0.15, -0.1) is 0 Å². The molecule has 0 saturated heterocycles. The molecule has 0 saturated carbocycles. The van der Waals surface area contributed by atoms with Gasteiger partial charge in [0.1, 0.15) is 5.69 Å². The normalized spacial score (nSPS) is 11.2. The summed E-state index contributed by atoms with van der Waals surface area (Å²) in [7, 11) is 0. The molecule has 0 aliphatic heterocycles. The predicted octanol–water partition coefficient (Wildman–Crippen LogP) is 2.74. The fourth-order valence-corrected chi connectivity index (χ4v) is 2.15. The Hall–Kier alpha value is -3.75. The number of nitro benzene ring substituents is 1. The second-order valence-electron chi connectivity index (χ2n) is 5.57. The Balaban J connectivity index is 2.00. The highest BCUT2D eigenvalue weighted by Gasteiger charge is 2.22. The highest BCUT2D eigenvalue weighted by atomic mass is 16.6. The van der Waals surface area contributed by atoms with Crippen LogP contribution in [0.15, 0.2) is 48.5 Å². The van der Waals surface area contributed by atoms with Gasteiger partial charge in [0.15, 0.2) is 6.10 Å². The second kappa shape index (κ2) is 8.56. The number of para-hydroxylation sites is 2. The molecule has 0 radical (unpaired) electrons. The number of hydrogen-bond acceptors (Lipinski definition) is 6. The maximum Gasteiger partial charge on any atom is 0.338 e. The molecule has 2 aromatic carbocycles. The Bertz CT molecular complexity index is 879. The molecule has 27 heavy (non-hydrogen) atoms. The molecule has 9 heteroatoms. The Labute approximate surface area is 154 Å². The van der Waals surface area contributed by atoms with E-state index >= 15 is 0 Å². The molecule has 0 bridgehead atoms. The van der Waals surface area contributed by atoms with Crippen molar-refractivity contribution in [1.82, 2.24) is 0 Å². The van der Waals surface area contributed by atoms with Gasteiger partial charge in [-0.25, -0.2) is 4.79 Å². The predicted molar refractivity (Wildman–Crippen MR) is 97.3 cm³/mol. The van der Waals surface area contributed by atoms with E-state index < -0.39 is 22.9 Å². The first-order valence-electron chi connectivity index (χ1n) is 7.91. The molecule has 0 aliphatic carbocycles. The quantitative estimate of drug-likeness (QED) is 0.456. The van der Waals surface area contributed by atoms with E-state index in [-0.39, 0.29) is 22.8 Å². The van der Waals surface area contributed by atoms with E-state index in [1.54, 1.807) is 0 Å². The van der Waals surface area contributed by atoms with E-state index in [1.165, 1.54) is 62.4 Å². The van der Waals surface area contributed by atoms with E-state index in [0.717, 1.165) is 0 Å². The number of amides is 2. The number of nitrogens with zero attached hydrogens (tertiary/aromatic N) is 1. The monoisotopic (exact) mass is 371 g/mol. The van der Waals surface area contributed by atoms with E-state index in [4.69, 9.17) is 4.74 Å². The Kier molecular flexibility index (Phi) is 6.21. The molecule has 9 nitrogen and oxygen atoms in total. The maximum atomic E-state index is 12.2. The van der Waals surface area contributed by atoms with Crippen LogP contribution in [0.5, 0.6) is 0 Å². The molecular weight excluding hydrogens is 354 g/mol. The molecule has 2 amide bonds. The van der Waals surface area contributed by atoms with Crippen LogP contribution in [-0.4, -0.2) is 28.8 Å². The zero-order chi connectivity index (χ0) is 20.0. The minimum Gasteiger partial charge on any atom is -0.449 e. The Morgan fingerprint density at radius 2 is 1.67 bits per heavy atom. The smallest absolute Gasteiger partial charge is 0.338 e. The van der Waals surface area contributed by atoms with Crippen molar-refractivity contribution in [1.29, 1.82) is 0 Å².